The number of amides is 9. The molecular formula is C87H154N14O20. The minimum Gasteiger partial charge on any atom is -0.481 e. The van der Waals surface area contributed by atoms with E-state index >= 15 is 0 Å². The maximum atomic E-state index is 12.8. The van der Waals surface area contributed by atoms with E-state index in [-0.39, 0.29) is 101 Å². The lowest BCUT2D eigenvalue weighted by Crippen LogP contribution is -2.53. The number of nitrogens with one attached hydrogen (secondary N) is 9. The normalized spacial score (nSPS) is 20.5. The lowest BCUT2D eigenvalue weighted by Gasteiger charge is -2.28. The maximum Gasteiger partial charge on any atom is 0.411 e. The molecule has 5 heterocycles. The first-order valence-corrected chi connectivity index (χ1v) is 43.3. The molecule has 34 nitrogen and oxygen atoms in total. The second kappa shape index (κ2) is 60.6. The number of esters is 2. The Kier molecular flexibility index (Phi) is 56.2. The lowest BCUT2D eigenvalue weighted by molar-refractivity contribution is -0.147. The van der Waals surface area contributed by atoms with E-state index in [2.05, 4.69) is 54.8 Å². The zero-order chi connectivity index (χ0) is 92.4. The summed E-state index contributed by atoms with van der Waals surface area (Å²) in [6, 6.07) is -4.31. The molecule has 0 aromatic rings. The summed E-state index contributed by atoms with van der Waals surface area (Å²) in [6.45, 7) is 31.2. The van der Waals surface area contributed by atoms with Crippen LogP contribution in [0.4, 0.5) is 4.79 Å². The minimum atomic E-state index is -1.04. The van der Waals surface area contributed by atoms with Crippen LogP contribution >= 0.6 is 0 Å². The van der Waals surface area contributed by atoms with E-state index in [0.29, 0.717) is 84.0 Å². The molecule has 0 aromatic carbocycles. The van der Waals surface area contributed by atoms with Gasteiger partial charge in [-0.15, -0.1) is 0 Å². The Morgan fingerprint density at radius 1 is 0.421 bits per heavy atom. The summed E-state index contributed by atoms with van der Waals surface area (Å²) in [5.41, 5.74) is -0.581. The standard InChI is InChI=1S/C20H36N4O3.C19H33N3O4.C18H31N3O4.C12H22N2O3.C10H17NO4.C8H15NO2/c1-7-9-16(20(27)23(5)6)22-18(25)17-10-8-13-24(17)19(26)14(2)11-12-15(3)21-4;1-6-8-15(19(25)26-5)21-17(23)16-9-7-12-22(16)18(24)13(2)10-11-14(3)20-4;1-5-7-14(18(24)25)20-16(22)15-8-6-11-21(15)17(23)12(2)9-10-13(3)19-4;1-3-4-6-10(12(16)17-2)14-11(15)9-7-5-8-13-9;1-10(2,3)15-9(14)11-6-4-5-7(11)8(12)13;1-6(8(10)11)4-5-7(2)9-3/h11-12,14-17,21H,7-10,13H2,1-6H3,(H,22,25);10-11,13-16,20H,6-9,12H2,1-5H3,(H,21,23);9-10,12-15,19H,5-8,11H2,1-4H3,(H,20,22)(H,24,25);9-10,13H,3-8H2,1-2H3,(H,14,15);7H,4-6H2,1-3H3,(H,12,13);4-7,9H,1-3H3,(H,10,11)/b12-11+;11-10+;10-9+;;;5-4+/t14-,15-,16?,17?;13-,14-,15?,16?;12-,13-,14?,15?;9?,10-;;6-,7-/m0000.0/s1. The molecule has 0 bridgehead atoms. The molecule has 5 fully saturated rings. The number of carbonyl (C=O) groups is 14. The van der Waals surface area contributed by atoms with Crippen LogP contribution in [-0.4, -0.2) is 296 Å². The molecule has 0 saturated carbocycles. The van der Waals surface area contributed by atoms with Gasteiger partial charge in [0, 0.05) is 64.4 Å². The molecule has 0 aliphatic carbocycles. The van der Waals surface area contributed by atoms with E-state index in [1.165, 1.54) is 24.0 Å². The number of methoxy groups -OCH3 is 2. The summed E-state index contributed by atoms with van der Waals surface area (Å²) in [5.74, 6) is -6.18. The van der Waals surface area contributed by atoms with Gasteiger partial charge in [0.1, 0.15) is 53.9 Å². The van der Waals surface area contributed by atoms with Crippen LogP contribution in [0.5, 0.6) is 0 Å². The molecule has 5 saturated heterocycles. The summed E-state index contributed by atoms with van der Waals surface area (Å²) < 4.78 is 14.6. The Hall–Kier alpha value is -8.86. The van der Waals surface area contributed by atoms with E-state index < -0.39 is 89.8 Å². The van der Waals surface area contributed by atoms with Crippen LogP contribution < -0.4 is 47.9 Å². The first-order valence-electron chi connectivity index (χ1n) is 43.3. The number of rotatable bonds is 38. The van der Waals surface area contributed by atoms with Gasteiger partial charge in [0.25, 0.3) is 0 Å². The van der Waals surface area contributed by atoms with Crippen molar-refractivity contribution in [3.05, 3.63) is 48.6 Å². The summed E-state index contributed by atoms with van der Waals surface area (Å²) in [6.07, 6.45) is 27.9. The van der Waals surface area contributed by atoms with Gasteiger partial charge in [0.05, 0.1) is 43.9 Å². The second-order valence-corrected chi connectivity index (χ2v) is 32.6. The number of hydrogen-bond donors (Lipinski definition) is 12. The molecule has 5 aliphatic heterocycles. The average Bonchev–Trinajstić information content (AvgIpc) is 1.71. The largest absolute Gasteiger partial charge is 0.481 e. The molecule has 0 spiro atoms. The van der Waals surface area contributed by atoms with Crippen molar-refractivity contribution in [2.75, 3.05) is 89.2 Å². The molecule has 17 atom stereocenters. The van der Waals surface area contributed by atoms with Gasteiger partial charge >= 0.3 is 35.9 Å². The van der Waals surface area contributed by atoms with Crippen molar-refractivity contribution in [1.82, 2.24) is 72.4 Å². The summed E-state index contributed by atoms with van der Waals surface area (Å²) in [5, 5.41) is 52.9. The predicted octanol–water partition coefficient (Wildman–Crippen LogP) is 6.46. The third kappa shape index (κ3) is 42.7. The van der Waals surface area contributed by atoms with Gasteiger partial charge in [0.15, 0.2) is 0 Å². The van der Waals surface area contributed by atoms with Crippen LogP contribution in [0.25, 0.3) is 0 Å². The smallest absolute Gasteiger partial charge is 0.411 e. The van der Waals surface area contributed by atoms with E-state index in [0.717, 1.165) is 70.8 Å². The Labute approximate surface area is 720 Å². The Balaban J connectivity index is 0.00000146. The molecule has 12 N–H and O–H groups in total. The van der Waals surface area contributed by atoms with Gasteiger partial charge in [-0.25, -0.2) is 24.0 Å². The van der Waals surface area contributed by atoms with Crippen LogP contribution in [-0.2, 0) is 76.5 Å². The Bertz CT molecular complexity index is 3320. The highest BCUT2D eigenvalue weighted by Gasteiger charge is 2.41. The first kappa shape index (κ1) is 112. The summed E-state index contributed by atoms with van der Waals surface area (Å²) >= 11 is 0. The highest BCUT2D eigenvalue weighted by atomic mass is 16.6. The van der Waals surface area contributed by atoms with Crippen molar-refractivity contribution < 1.29 is 96.7 Å². The monoisotopic (exact) mass is 1720 g/mol. The number of hydrogen-bond acceptors (Lipinski definition) is 22. The number of nitrogens with zero attached hydrogens (tertiary/aromatic N) is 5. The number of ether oxygens (including phenoxy) is 3. The van der Waals surface area contributed by atoms with Gasteiger partial charge in [-0.1, -0.05) is 129 Å². The van der Waals surface area contributed by atoms with Crippen LogP contribution in [0.2, 0.25) is 0 Å². The third-order valence-electron chi connectivity index (χ3n) is 21.0. The van der Waals surface area contributed by atoms with Crippen molar-refractivity contribution in [2.24, 2.45) is 23.7 Å². The van der Waals surface area contributed by atoms with E-state index in [1.54, 1.807) is 62.6 Å². The fourth-order valence-electron chi connectivity index (χ4n) is 13.2. The molecule has 0 aromatic heterocycles. The average molecular weight is 1720 g/mol. The van der Waals surface area contributed by atoms with Crippen molar-refractivity contribution >= 4 is 83.2 Å². The topological polar surface area (TPSA) is 452 Å². The van der Waals surface area contributed by atoms with Crippen molar-refractivity contribution in [3.63, 3.8) is 0 Å². The van der Waals surface area contributed by atoms with Crippen LogP contribution in [0, 0.1) is 23.7 Å². The van der Waals surface area contributed by atoms with E-state index in [4.69, 9.17) is 24.4 Å². The lowest BCUT2D eigenvalue weighted by atomic mass is 10.1. The second-order valence-electron chi connectivity index (χ2n) is 32.6. The molecule has 5 rings (SSSR count). The molecule has 34 heteroatoms. The van der Waals surface area contributed by atoms with Gasteiger partial charge < -0.3 is 97.0 Å². The predicted molar refractivity (Wildman–Crippen MR) is 466 cm³/mol. The first-order chi connectivity index (χ1) is 57.0. The van der Waals surface area contributed by atoms with Crippen LogP contribution in [0.1, 0.15) is 226 Å². The Morgan fingerprint density at radius 2 is 0.752 bits per heavy atom. The highest BCUT2D eigenvalue weighted by Crippen LogP contribution is 2.26. The SMILES string of the molecule is CC(C)(C)OC(=O)N1CCCC1C(=O)O.CCCC(NC(=O)C1CCCN1C(=O)[C@@H](C)/C=C/[C@H](C)NC)C(=O)N(C)C.CCCC(NC(=O)C1CCCN1C(=O)[C@@H](C)/C=C/[C@H](C)NC)C(=O)O.CCCC(NC(=O)C1CCCN1C(=O)[C@@H](C)/C=C/[C@H](C)NC)C(=O)OC.CCCC[C@H](NC(=O)C1CCCN1)C(=O)OC.CN[C@@H](C)/C=C/[C@H](C)C(=O)O. The number of carboxylic acids is 3. The zero-order valence-electron chi connectivity index (χ0n) is 76.9. The minimum absolute atomic E-state index is 0.0434. The fraction of sp³-hybridized carbons (Fsp3) is 0.747. The number of carboxylic acid groups (broad SMARTS) is 3. The Morgan fingerprint density at radius 3 is 1.07 bits per heavy atom. The number of aliphatic carboxylic acids is 3. The quantitative estimate of drug-likeness (QED) is 0.0179. The van der Waals surface area contributed by atoms with E-state index in [9.17, 15) is 72.2 Å². The molecule has 692 valence electrons. The van der Waals surface area contributed by atoms with Crippen LogP contribution in [0.15, 0.2) is 48.6 Å². The van der Waals surface area contributed by atoms with Gasteiger partial charge in [-0.2, -0.15) is 0 Å². The third-order valence-corrected chi connectivity index (χ3v) is 21.0. The zero-order valence-corrected chi connectivity index (χ0v) is 76.9. The summed E-state index contributed by atoms with van der Waals surface area (Å²) in [4.78, 5) is 175. The molecule has 9 amide bonds. The number of carbonyl (C=O) groups excluding carboxylic acids is 11. The molecule has 8 unspecified atom stereocenters. The van der Waals surface area contributed by atoms with Crippen molar-refractivity contribution in [2.45, 2.75) is 310 Å². The molecule has 0 radical (unpaired) electrons. The van der Waals surface area contributed by atoms with Gasteiger partial charge in [0.2, 0.25) is 47.3 Å². The highest BCUT2D eigenvalue weighted by molar-refractivity contribution is 5.95. The van der Waals surface area contributed by atoms with Crippen LogP contribution in [0.3, 0.4) is 0 Å². The fourth-order valence-corrected chi connectivity index (χ4v) is 13.2. The van der Waals surface area contributed by atoms with Crippen molar-refractivity contribution in [1.29, 1.82) is 0 Å². The number of likely N-dealkylation sites (N-methyl/N-ethyl adjacent to an activating group) is 5. The maximum absolute atomic E-state index is 12.8. The molecule has 5 aliphatic rings. The number of likely N-dealkylation sites (tertiary alicyclic amines) is 4. The van der Waals surface area contributed by atoms with Gasteiger partial charge in [-0.3, -0.25) is 48.1 Å². The molecular weight excluding hydrogens is 1560 g/mol. The molecule has 121 heavy (non-hydrogen) atoms. The van der Waals surface area contributed by atoms with Crippen molar-refractivity contribution in [3.8, 4) is 0 Å². The van der Waals surface area contributed by atoms with E-state index in [1.807, 2.05) is 140 Å². The summed E-state index contributed by atoms with van der Waals surface area (Å²) in [7, 11) is 13.4. The van der Waals surface area contributed by atoms with Gasteiger partial charge in [-0.05, 0) is 180 Å². The number of unbranched alkanes of at least 4 members (excludes halogenated alkanes) is 1.